The normalized spacial score (nSPS) is 13.6. The van der Waals surface area contributed by atoms with Crippen LogP contribution in [-0.2, 0) is 22.9 Å². The van der Waals surface area contributed by atoms with Crippen LogP contribution in [0.15, 0.2) is 47.8 Å². The third-order valence-corrected chi connectivity index (χ3v) is 6.18. The molecular weight excluding hydrogens is 406 g/mol. The third-order valence-electron chi connectivity index (χ3n) is 4.82. The number of carbonyl (C=O) groups excluding carboxylic acids is 1. The van der Waals surface area contributed by atoms with Crippen molar-refractivity contribution in [2.24, 2.45) is 0 Å². The Balaban J connectivity index is 1.45. The number of amides is 1. The molecule has 0 aliphatic heterocycles. The molecule has 4 rings (SSSR count). The summed E-state index contributed by atoms with van der Waals surface area (Å²) in [5.41, 5.74) is 5.58. The van der Waals surface area contributed by atoms with E-state index in [1.54, 1.807) is 24.3 Å². The van der Waals surface area contributed by atoms with Crippen LogP contribution in [0.3, 0.4) is 0 Å². The lowest BCUT2D eigenvalue weighted by atomic mass is 9.90. The molecule has 150 valence electrons. The summed E-state index contributed by atoms with van der Waals surface area (Å²) in [6.07, 6.45) is 5.82. The van der Waals surface area contributed by atoms with E-state index >= 15 is 0 Å². The molecule has 1 aliphatic carbocycles. The molecule has 0 fully saturated rings. The first-order valence-electron chi connectivity index (χ1n) is 9.34. The van der Waals surface area contributed by atoms with Crippen LogP contribution in [0.4, 0.5) is 10.8 Å². The SMILES string of the molecule is CS(=O)(=O)Nc1ccc(C(=O)Nc2nc(-c3ccc4c(c3)CCCC4)cs2)cc1. The lowest BCUT2D eigenvalue weighted by molar-refractivity contribution is 0.102. The molecule has 0 saturated heterocycles. The lowest BCUT2D eigenvalue weighted by Gasteiger charge is -2.16. The van der Waals surface area contributed by atoms with Crippen molar-refractivity contribution >= 4 is 38.1 Å². The van der Waals surface area contributed by atoms with E-state index < -0.39 is 10.0 Å². The van der Waals surface area contributed by atoms with Gasteiger partial charge in [0.2, 0.25) is 10.0 Å². The number of hydrogen-bond acceptors (Lipinski definition) is 5. The van der Waals surface area contributed by atoms with E-state index in [0.717, 1.165) is 30.4 Å². The smallest absolute Gasteiger partial charge is 0.257 e. The van der Waals surface area contributed by atoms with Crippen molar-refractivity contribution in [2.75, 3.05) is 16.3 Å². The van der Waals surface area contributed by atoms with Crippen LogP contribution in [0.5, 0.6) is 0 Å². The number of sulfonamides is 1. The summed E-state index contributed by atoms with van der Waals surface area (Å²) in [6.45, 7) is 0. The molecule has 2 N–H and O–H groups in total. The van der Waals surface area contributed by atoms with Crippen molar-refractivity contribution in [1.29, 1.82) is 0 Å². The molecule has 0 saturated carbocycles. The zero-order valence-electron chi connectivity index (χ0n) is 15.9. The van der Waals surface area contributed by atoms with Gasteiger partial charge in [-0.25, -0.2) is 13.4 Å². The Kier molecular flexibility index (Phi) is 5.38. The molecule has 1 aliphatic rings. The van der Waals surface area contributed by atoms with E-state index in [1.807, 2.05) is 5.38 Å². The van der Waals surface area contributed by atoms with Gasteiger partial charge in [0.05, 0.1) is 11.9 Å². The van der Waals surface area contributed by atoms with Gasteiger partial charge in [-0.05, 0) is 67.1 Å². The molecule has 0 atom stereocenters. The minimum Gasteiger partial charge on any atom is -0.298 e. The molecule has 3 aromatic rings. The number of benzene rings is 2. The van der Waals surface area contributed by atoms with Crippen LogP contribution in [0.1, 0.15) is 34.3 Å². The van der Waals surface area contributed by atoms with Gasteiger partial charge in [-0.15, -0.1) is 11.3 Å². The highest BCUT2D eigenvalue weighted by molar-refractivity contribution is 7.92. The maximum atomic E-state index is 12.5. The van der Waals surface area contributed by atoms with Crippen molar-refractivity contribution in [3.05, 3.63) is 64.5 Å². The largest absolute Gasteiger partial charge is 0.298 e. The van der Waals surface area contributed by atoms with Gasteiger partial charge in [-0.1, -0.05) is 12.1 Å². The predicted molar refractivity (Wildman–Crippen MR) is 117 cm³/mol. The molecule has 2 aromatic carbocycles. The monoisotopic (exact) mass is 427 g/mol. The fourth-order valence-corrected chi connectivity index (χ4v) is 4.71. The number of aryl methyl sites for hydroxylation is 2. The highest BCUT2D eigenvalue weighted by Crippen LogP contribution is 2.29. The molecule has 0 unspecified atom stereocenters. The maximum absolute atomic E-state index is 12.5. The first kappa shape index (κ1) is 19.6. The Morgan fingerprint density at radius 3 is 2.48 bits per heavy atom. The van der Waals surface area contributed by atoms with Crippen molar-refractivity contribution in [3.8, 4) is 11.3 Å². The number of nitrogens with zero attached hydrogens (tertiary/aromatic N) is 1. The van der Waals surface area contributed by atoms with Crippen molar-refractivity contribution < 1.29 is 13.2 Å². The molecule has 1 amide bonds. The average molecular weight is 428 g/mol. The standard InChI is InChI=1S/C21H21N3O3S2/c1-29(26,27)24-18-10-8-15(9-11-18)20(25)23-21-22-19(13-28-21)17-7-6-14-4-2-3-5-16(14)12-17/h6-13,24H,2-5H2,1H3,(H,22,23,25). The Bertz CT molecular complexity index is 1150. The molecule has 0 radical (unpaired) electrons. The average Bonchev–Trinajstić information content (AvgIpc) is 3.15. The molecule has 1 aromatic heterocycles. The van der Waals surface area contributed by atoms with E-state index in [9.17, 15) is 13.2 Å². The van der Waals surface area contributed by atoms with Gasteiger partial charge < -0.3 is 0 Å². The van der Waals surface area contributed by atoms with Crippen LogP contribution in [0.25, 0.3) is 11.3 Å². The summed E-state index contributed by atoms with van der Waals surface area (Å²) < 4.78 is 24.9. The van der Waals surface area contributed by atoms with Crippen molar-refractivity contribution in [3.63, 3.8) is 0 Å². The van der Waals surface area contributed by atoms with Crippen molar-refractivity contribution in [1.82, 2.24) is 4.98 Å². The fraction of sp³-hybridized carbons (Fsp3) is 0.238. The fourth-order valence-electron chi connectivity index (χ4n) is 3.43. The minimum atomic E-state index is -3.35. The first-order valence-corrected chi connectivity index (χ1v) is 12.1. The molecule has 8 heteroatoms. The highest BCUT2D eigenvalue weighted by atomic mass is 32.2. The van der Waals surface area contributed by atoms with Crippen LogP contribution in [0, 0.1) is 0 Å². The van der Waals surface area contributed by atoms with Crippen molar-refractivity contribution in [2.45, 2.75) is 25.7 Å². The Morgan fingerprint density at radius 1 is 1.03 bits per heavy atom. The molecule has 29 heavy (non-hydrogen) atoms. The summed E-state index contributed by atoms with van der Waals surface area (Å²) in [4.78, 5) is 17.0. The predicted octanol–water partition coefficient (Wildman–Crippen LogP) is 4.31. The summed E-state index contributed by atoms with van der Waals surface area (Å²) in [7, 11) is -3.35. The molecular formula is C21H21N3O3S2. The van der Waals surface area contributed by atoms with E-state index in [-0.39, 0.29) is 5.91 Å². The third kappa shape index (κ3) is 4.83. The number of carbonyl (C=O) groups is 1. The van der Waals surface area contributed by atoms with E-state index in [2.05, 4.69) is 33.2 Å². The number of aromatic nitrogens is 1. The summed E-state index contributed by atoms with van der Waals surface area (Å²) in [5, 5.41) is 5.28. The Labute approximate surface area is 174 Å². The second-order valence-corrected chi connectivity index (χ2v) is 9.74. The van der Waals surface area contributed by atoms with Gasteiger partial charge in [-0.2, -0.15) is 0 Å². The lowest BCUT2D eigenvalue weighted by Crippen LogP contribution is -2.12. The molecule has 0 spiro atoms. The van der Waals surface area contributed by atoms with Crippen LogP contribution in [-0.4, -0.2) is 25.6 Å². The van der Waals surface area contributed by atoms with Gasteiger partial charge in [0.15, 0.2) is 5.13 Å². The van der Waals surface area contributed by atoms with Gasteiger partial charge >= 0.3 is 0 Å². The zero-order valence-corrected chi connectivity index (χ0v) is 17.6. The number of hydrogen-bond donors (Lipinski definition) is 2. The van der Waals surface area contributed by atoms with Gasteiger partial charge in [0.1, 0.15) is 0 Å². The minimum absolute atomic E-state index is 0.290. The Morgan fingerprint density at radius 2 is 1.76 bits per heavy atom. The molecule has 6 nitrogen and oxygen atoms in total. The number of nitrogens with one attached hydrogen (secondary N) is 2. The van der Waals surface area contributed by atoms with Crippen LogP contribution in [0.2, 0.25) is 0 Å². The van der Waals surface area contributed by atoms with Crippen LogP contribution >= 0.6 is 11.3 Å². The molecule has 1 heterocycles. The van der Waals surface area contributed by atoms with Gasteiger partial charge in [-0.3, -0.25) is 14.8 Å². The van der Waals surface area contributed by atoms with Crippen LogP contribution < -0.4 is 10.0 Å². The number of thiazole rings is 1. The second-order valence-electron chi connectivity index (χ2n) is 7.13. The zero-order chi connectivity index (χ0) is 20.4. The second kappa shape index (κ2) is 7.96. The maximum Gasteiger partial charge on any atom is 0.257 e. The first-order chi connectivity index (χ1) is 13.9. The van der Waals surface area contributed by atoms with E-state index in [1.165, 1.54) is 35.3 Å². The highest BCUT2D eigenvalue weighted by Gasteiger charge is 2.13. The number of anilines is 2. The summed E-state index contributed by atoms with van der Waals surface area (Å²) in [6, 6.07) is 12.7. The van der Waals surface area contributed by atoms with Gasteiger partial charge in [0, 0.05) is 22.2 Å². The van der Waals surface area contributed by atoms with E-state index in [4.69, 9.17) is 0 Å². The molecule has 0 bridgehead atoms. The Hall–Kier alpha value is -2.71. The quantitative estimate of drug-likeness (QED) is 0.635. The summed E-state index contributed by atoms with van der Waals surface area (Å²) >= 11 is 1.38. The van der Waals surface area contributed by atoms with Gasteiger partial charge in [0.25, 0.3) is 5.91 Å². The summed E-state index contributed by atoms with van der Waals surface area (Å²) in [5.74, 6) is -0.290. The topological polar surface area (TPSA) is 88.2 Å². The number of rotatable bonds is 5. The van der Waals surface area contributed by atoms with E-state index in [0.29, 0.717) is 16.4 Å². The number of fused-ring (bicyclic) bond motifs is 1.